The van der Waals surface area contributed by atoms with Gasteiger partial charge in [-0.05, 0) is 44.0 Å². The number of hydrogen-bond acceptors (Lipinski definition) is 5. The van der Waals surface area contributed by atoms with E-state index in [1.54, 1.807) is 49.8 Å². The van der Waals surface area contributed by atoms with Gasteiger partial charge in [-0.3, -0.25) is 4.68 Å². The van der Waals surface area contributed by atoms with Crippen molar-refractivity contribution in [3.8, 4) is 5.75 Å². The van der Waals surface area contributed by atoms with Crippen LogP contribution in [0, 0.1) is 6.92 Å². The van der Waals surface area contributed by atoms with Gasteiger partial charge in [0, 0.05) is 18.9 Å². The number of aromatic nitrogens is 3. The summed E-state index contributed by atoms with van der Waals surface area (Å²) in [4.78, 5) is 4.29. The number of nitrogens with zero attached hydrogens (tertiary/aromatic N) is 3. The summed E-state index contributed by atoms with van der Waals surface area (Å²) in [6.45, 7) is 5.65. The largest absolute Gasteiger partial charge is 0.573 e. The summed E-state index contributed by atoms with van der Waals surface area (Å²) in [5, 5.41) is 18.3. The summed E-state index contributed by atoms with van der Waals surface area (Å²) in [6.07, 6.45) is -1.28. The Labute approximate surface area is 160 Å². The molecule has 0 aliphatic heterocycles. The van der Waals surface area contributed by atoms with Crippen molar-refractivity contribution in [2.75, 3.05) is 11.9 Å². The first-order valence-electron chi connectivity index (χ1n) is 8.64. The Morgan fingerprint density at radius 2 is 1.96 bits per heavy atom. The lowest BCUT2D eigenvalue weighted by Gasteiger charge is -2.18. The smallest absolute Gasteiger partial charge is 0.406 e. The van der Waals surface area contributed by atoms with E-state index in [1.165, 1.54) is 6.07 Å². The molecule has 0 aliphatic rings. The van der Waals surface area contributed by atoms with E-state index in [9.17, 15) is 18.3 Å². The number of hydrogen-bond donors (Lipinski definition) is 2. The fourth-order valence-corrected chi connectivity index (χ4v) is 2.75. The van der Waals surface area contributed by atoms with Crippen molar-refractivity contribution in [3.05, 3.63) is 47.8 Å². The second kappa shape index (κ2) is 7.31. The number of pyridine rings is 1. The molecule has 0 bridgehead atoms. The molecule has 2 aromatic heterocycles. The molecule has 3 rings (SSSR count). The molecule has 0 saturated carbocycles. The fraction of sp³-hybridized carbons (Fsp3) is 0.368. The highest BCUT2D eigenvalue weighted by molar-refractivity contribution is 5.88. The highest BCUT2D eigenvalue weighted by Crippen LogP contribution is 2.27. The molecule has 0 spiro atoms. The Balaban J connectivity index is 1.80. The Morgan fingerprint density at radius 1 is 1.21 bits per heavy atom. The molecule has 150 valence electrons. The maximum atomic E-state index is 12.4. The number of nitrogens with one attached hydrogen (secondary N) is 1. The second-order valence-corrected chi connectivity index (χ2v) is 7.23. The van der Waals surface area contributed by atoms with Crippen molar-refractivity contribution in [2.45, 2.75) is 39.3 Å². The number of aryl methyl sites for hydroxylation is 1. The monoisotopic (exact) mass is 394 g/mol. The Morgan fingerprint density at radius 3 is 2.61 bits per heavy atom. The van der Waals surface area contributed by atoms with Crippen molar-refractivity contribution >= 4 is 16.7 Å². The molecule has 0 aliphatic carbocycles. The zero-order valence-electron chi connectivity index (χ0n) is 15.7. The molecule has 0 saturated heterocycles. The SMILES string of the molecule is Cc1cc(Cn2cc3c(NCC(C)(C)O)nccc3n2)ccc1OC(F)(F)F. The van der Waals surface area contributed by atoms with Gasteiger partial charge in [-0.25, -0.2) is 4.98 Å². The fourth-order valence-electron chi connectivity index (χ4n) is 2.75. The first kappa shape index (κ1) is 19.9. The van der Waals surface area contributed by atoms with Crippen molar-refractivity contribution in [2.24, 2.45) is 0 Å². The lowest BCUT2D eigenvalue weighted by molar-refractivity contribution is -0.274. The summed E-state index contributed by atoms with van der Waals surface area (Å²) < 4.78 is 42.9. The van der Waals surface area contributed by atoms with Crippen LogP contribution in [0.3, 0.4) is 0 Å². The lowest BCUT2D eigenvalue weighted by atomic mass is 10.1. The van der Waals surface area contributed by atoms with E-state index in [0.29, 0.717) is 24.5 Å². The zero-order chi connectivity index (χ0) is 20.5. The maximum absolute atomic E-state index is 12.4. The third kappa shape index (κ3) is 5.13. The van der Waals surface area contributed by atoms with Gasteiger partial charge < -0.3 is 15.2 Å². The van der Waals surface area contributed by atoms with Crippen molar-refractivity contribution in [3.63, 3.8) is 0 Å². The minimum absolute atomic E-state index is 0.218. The summed E-state index contributed by atoms with van der Waals surface area (Å²) in [5.74, 6) is 0.389. The van der Waals surface area contributed by atoms with Gasteiger partial charge in [-0.1, -0.05) is 12.1 Å². The maximum Gasteiger partial charge on any atom is 0.573 e. The molecule has 9 heteroatoms. The van der Waals surface area contributed by atoms with Gasteiger partial charge in [0.2, 0.25) is 0 Å². The van der Waals surface area contributed by atoms with E-state index in [0.717, 1.165) is 16.5 Å². The van der Waals surface area contributed by atoms with E-state index >= 15 is 0 Å². The quantitative estimate of drug-likeness (QED) is 0.664. The number of aliphatic hydroxyl groups is 1. The van der Waals surface area contributed by atoms with Crippen molar-refractivity contribution in [1.29, 1.82) is 0 Å². The van der Waals surface area contributed by atoms with Gasteiger partial charge in [0.05, 0.1) is 23.0 Å². The van der Waals surface area contributed by atoms with Gasteiger partial charge in [-0.2, -0.15) is 5.10 Å². The van der Waals surface area contributed by atoms with Crippen LogP contribution in [0.5, 0.6) is 5.75 Å². The molecular formula is C19H21F3N4O2. The van der Waals surface area contributed by atoms with Crippen LogP contribution >= 0.6 is 0 Å². The number of halogens is 3. The van der Waals surface area contributed by atoms with Gasteiger partial charge in [0.15, 0.2) is 0 Å². The first-order valence-corrected chi connectivity index (χ1v) is 8.64. The lowest BCUT2D eigenvalue weighted by Crippen LogP contribution is -2.29. The predicted octanol–water partition coefficient (Wildman–Crippen LogP) is 3.87. The van der Waals surface area contributed by atoms with Gasteiger partial charge >= 0.3 is 6.36 Å². The normalized spacial score (nSPS) is 12.4. The number of fused-ring (bicyclic) bond motifs is 1. The molecule has 0 radical (unpaired) electrons. The van der Waals surface area contributed by atoms with Crippen molar-refractivity contribution < 1.29 is 23.0 Å². The van der Waals surface area contributed by atoms with Crippen LogP contribution in [-0.4, -0.2) is 38.4 Å². The third-order valence-corrected chi connectivity index (χ3v) is 3.98. The summed E-state index contributed by atoms with van der Waals surface area (Å²) >= 11 is 0. The van der Waals surface area contributed by atoms with Crippen molar-refractivity contribution in [1.82, 2.24) is 14.8 Å². The average Bonchev–Trinajstić information content (AvgIpc) is 2.96. The molecule has 6 nitrogen and oxygen atoms in total. The number of rotatable bonds is 6. The van der Waals surface area contributed by atoms with Crippen LogP contribution < -0.4 is 10.1 Å². The van der Waals surface area contributed by atoms with E-state index in [4.69, 9.17) is 0 Å². The van der Waals surface area contributed by atoms with Gasteiger partial charge in [0.1, 0.15) is 11.6 Å². The molecule has 2 heterocycles. The van der Waals surface area contributed by atoms with Crippen LogP contribution in [0.15, 0.2) is 36.7 Å². The molecular weight excluding hydrogens is 373 g/mol. The number of ether oxygens (including phenoxy) is 1. The van der Waals surface area contributed by atoms with E-state index < -0.39 is 12.0 Å². The Kier molecular flexibility index (Phi) is 5.20. The summed E-state index contributed by atoms with van der Waals surface area (Å²) in [6, 6.07) is 6.29. The standard InChI is InChI=1S/C19H21F3N4O2/c1-12-8-13(4-5-16(12)28-19(20,21)22)9-26-10-14-15(25-26)6-7-23-17(14)24-11-18(2,3)27/h4-8,10,27H,9,11H2,1-3H3,(H,23,24). The zero-order valence-corrected chi connectivity index (χ0v) is 15.7. The number of benzene rings is 1. The molecule has 28 heavy (non-hydrogen) atoms. The highest BCUT2D eigenvalue weighted by atomic mass is 19.4. The van der Waals surface area contributed by atoms with Gasteiger partial charge in [0.25, 0.3) is 0 Å². The van der Waals surface area contributed by atoms with Gasteiger partial charge in [-0.15, -0.1) is 13.2 Å². The molecule has 0 atom stereocenters. The highest BCUT2D eigenvalue weighted by Gasteiger charge is 2.31. The molecule has 1 aromatic carbocycles. The molecule has 0 amide bonds. The summed E-state index contributed by atoms with van der Waals surface area (Å²) in [7, 11) is 0. The van der Waals surface area contributed by atoms with E-state index in [2.05, 4.69) is 20.1 Å². The third-order valence-electron chi connectivity index (χ3n) is 3.98. The average molecular weight is 394 g/mol. The van der Waals surface area contributed by atoms with Crippen LogP contribution in [0.25, 0.3) is 10.9 Å². The summed E-state index contributed by atoms with van der Waals surface area (Å²) in [5.41, 5.74) is 1.01. The van der Waals surface area contributed by atoms with Crippen LogP contribution in [0.1, 0.15) is 25.0 Å². The van der Waals surface area contributed by atoms with Crippen LogP contribution in [0.2, 0.25) is 0 Å². The first-order chi connectivity index (χ1) is 13.0. The Bertz CT molecular complexity index is 977. The minimum atomic E-state index is -4.72. The number of alkyl halides is 3. The molecule has 2 N–H and O–H groups in total. The molecule has 0 fully saturated rings. The van der Waals surface area contributed by atoms with E-state index in [-0.39, 0.29) is 5.75 Å². The van der Waals surface area contributed by atoms with Crippen LogP contribution in [-0.2, 0) is 6.54 Å². The molecule has 0 unspecified atom stereocenters. The molecule has 3 aromatic rings. The topological polar surface area (TPSA) is 72.2 Å². The predicted molar refractivity (Wildman–Crippen MR) is 99.3 cm³/mol. The second-order valence-electron chi connectivity index (χ2n) is 7.23. The van der Waals surface area contributed by atoms with Crippen LogP contribution in [0.4, 0.5) is 19.0 Å². The Hall–Kier alpha value is -2.81. The minimum Gasteiger partial charge on any atom is -0.406 e. The van der Waals surface area contributed by atoms with E-state index in [1.807, 2.05) is 6.20 Å². The number of anilines is 1.